The second-order valence-electron chi connectivity index (χ2n) is 3.57. The fourth-order valence-corrected chi connectivity index (χ4v) is 1.45. The number of rotatable bonds is 5. The predicted octanol–water partition coefficient (Wildman–Crippen LogP) is 2.03. The van der Waals surface area contributed by atoms with Crippen LogP contribution in [-0.2, 0) is 11.8 Å². The van der Waals surface area contributed by atoms with Crippen LogP contribution in [0.1, 0.15) is 21.7 Å². The van der Waals surface area contributed by atoms with Crippen LogP contribution in [0.15, 0.2) is 18.7 Å². The second kappa shape index (κ2) is 4.94. The van der Waals surface area contributed by atoms with Gasteiger partial charge in [0.25, 0.3) is 0 Å². The summed E-state index contributed by atoms with van der Waals surface area (Å²) in [6, 6.07) is 1.90. The van der Waals surface area contributed by atoms with Gasteiger partial charge in [0.05, 0.1) is 6.61 Å². The number of carbonyl (C=O) groups is 1. The summed E-state index contributed by atoms with van der Waals surface area (Å²) in [7, 11) is 1.95. The Morgan fingerprint density at radius 2 is 2.27 bits per heavy atom. The highest BCUT2D eigenvalue weighted by Crippen LogP contribution is 2.13. The minimum absolute atomic E-state index is 0.0260. The van der Waals surface area contributed by atoms with Crippen molar-refractivity contribution in [2.75, 3.05) is 13.2 Å². The molecule has 1 heterocycles. The van der Waals surface area contributed by atoms with Gasteiger partial charge in [-0.05, 0) is 19.9 Å². The van der Waals surface area contributed by atoms with Gasteiger partial charge in [0.1, 0.15) is 6.61 Å². The lowest BCUT2D eigenvalue weighted by Crippen LogP contribution is -2.10. The number of hydrogen-bond acceptors (Lipinski definition) is 2. The largest absolute Gasteiger partial charge is 0.369 e. The van der Waals surface area contributed by atoms with Crippen LogP contribution in [-0.4, -0.2) is 23.6 Å². The van der Waals surface area contributed by atoms with Gasteiger partial charge in [0.2, 0.25) is 0 Å². The van der Waals surface area contributed by atoms with Gasteiger partial charge in [-0.15, -0.1) is 6.58 Å². The third-order valence-electron chi connectivity index (χ3n) is 2.54. The quantitative estimate of drug-likeness (QED) is 0.420. The molecule has 3 heteroatoms. The van der Waals surface area contributed by atoms with Crippen molar-refractivity contribution in [2.24, 2.45) is 7.05 Å². The summed E-state index contributed by atoms with van der Waals surface area (Å²) in [6.45, 7) is 7.98. The Kier molecular flexibility index (Phi) is 3.86. The first kappa shape index (κ1) is 11.7. The van der Waals surface area contributed by atoms with E-state index in [0.29, 0.717) is 6.61 Å². The molecule has 82 valence electrons. The maximum atomic E-state index is 11.7. The number of Topliss-reactive ketones (excluding diaryl/α,β-unsaturated/α-hetero) is 1. The van der Waals surface area contributed by atoms with Gasteiger partial charge in [0, 0.05) is 24.0 Å². The molecule has 1 aromatic rings. The van der Waals surface area contributed by atoms with Crippen LogP contribution >= 0.6 is 0 Å². The highest BCUT2D eigenvalue weighted by atomic mass is 16.5. The Labute approximate surface area is 90.4 Å². The molecule has 1 rings (SSSR count). The number of aromatic nitrogens is 1. The van der Waals surface area contributed by atoms with Gasteiger partial charge in [-0.1, -0.05) is 6.08 Å². The van der Waals surface area contributed by atoms with Gasteiger partial charge in [0.15, 0.2) is 5.78 Å². The lowest BCUT2D eigenvalue weighted by Gasteiger charge is -2.02. The highest BCUT2D eigenvalue weighted by molar-refractivity contribution is 5.98. The molecule has 0 amide bonds. The summed E-state index contributed by atoms with van der Waals surface area (Å²) >= 11 is 0. The number of ketones is 1. The fraction of sp³-hybridized carbons (Fsp3) is 0.417. The second-order valence-corrected chi connectivity index (χ2v) is 3.57. The maximum Gasteiger partial charge on any atom is 0.190 e. The molecule has 0 aliphatic carbocycles. The molecule has 0 unspecified atom stereocenters. The van der Waals surface area contributed by atoms with E-state index in [1.807, 2.05) is 31.5 Å². The van der Waals surface area contributed by atoms with Crippen LogP contribution in [0.4, 0.5) is 0 Å². The molecule has 0 fully saturated rings. The monoisotopic (exact) mass is 207 g/mol. The van der Waals surface area contributed by atoms with Gasteiger partial charge in [-0.2, -0.15) is 0 Å². The zero-order valence-electron chi connectivity index (χ0n) is 9.54. The fourth-order valence-electron chi connectivity index (χ4n) is 1.45. The predicted molar refractivity (Wildman–Crippen MR) is 60.2 cm³/mol. The topological polar surface area (TPSA) is 31.2 Å². The molecule has 15 heavy (non-hydrogen) atoms. The Bertz CT molecular complexity index is 377. The number of nitrogens with zero attached hydrogens (tertiary/aromatic N) is 1. The summed E-state index contributed by atoms with van der Waals surface area (Å²) in [5.74, 6) is 0.0260. The van der Waals surface area contributed by atoms with Crippen molar-refractivity contribution < 1.29 is 9.53 Å². The first-order valence-corrected chi connectivity index (χ1v) is 4.92. The van der Waals surface area contributed by atoms with Crippen molar-refractivity contribution in [1.82, 2.24) is 4.57 Å². The van der Waals surface area contributed by atoms with E-state index in [1.165, 1.54) is 0 Å². The van der Waals surface area contributed by atoms with E-state index in [4.69, 9.17) is 4.74 Å². The van der Waals surface area contributed by atoms with Crippen molar-refractivity contribution in [2.45, 2.75) is 13.8 Å². The molecule has 0 aromatic carbocycles. The Balaban J connectivity index is 2.74. The summed E-state index contributed by atoms with van der Waals surface area (Å²) in [5.41, 5.74) is 2.82. The van der Waals surface area contributed by atoms with Crippen molar-refractivity contribution in [1.29, 1.82) is 0 Å². The Hall–Kier alpha value is -1.35. The maximum absolute atomic E-state index is 11.7. The molecular weight excluding hydrogens is 190 g/mol. The third-order valence-corrected chi connectivity index (χ3v) is 2.54. The zero-order chi connectivity index (χ0) is 11.4. The molecule has 0 aliphatic rings. The van der Waals surface area contributed by atoms with Crippen LogP contribution in [0.3, 0.4) is 0 Å². The van der Waals surface area contributed by atoms with E-state index in [0.717, 1.165) is 17.0 Å². The first-order valence-electron chi connectivity index (χ1n) is 4.92. The van der Waals surface area contributed by atoms with Gasteiger partial charge >= 0.3 is 0 Å². The van der Waals surface area contributed by atoms with E-state index in [9.17, 15) is 4.79 Å². The van der Waals surface area contributed by atoms with E-state index in [2.05, 4.69) is 6.58 Å². The Morgan fingerprint density at radius 3 is 2.73 bits per heavy atom. The third kappa shape index (κ3) is 2.57. The van der Waals surface area contributed by atoms with Crippen LogP contribution in [0.5, 0.6) is 0 Å². The van der Waals surface area contributed by atoms with E-state index < -0.39 is 0 Å². The van der Waals surface area contributed by atoms with E-state index in [1.54, 1.807) is 6.08 Å². The van der Waals surface area contributed by atoms with Crippen LogP contribution in [0.2, 0.25) is 0 Å². The number of carbonyl (C=O) groups excluding carboxylic acids is 1. The molecule has 0 saturated heterocycles. The molecule has 1 aromatic heterocycles. The standard InChI is InChI=1S/C12H17NO2/c1-5-6-15-8-12(14)11-7-9(2)13(4)10(11)3/h5,7H,1,6,8H2,2-4H3. The summed E-state index contributed by atoms with van der Waals surface area (Å²) in [4.78, 5) is 11.7. The lowest BCUT2D eigenvalue weighted by molar-refractivity contribution is 0.0805. The van der Waals surface area contributed by atoms with Crippen LogP contribution in [0.25, 0.3) is 0 Å². The molecule has 0 saturated carbocycles. The van der Waals surface area contributed by atoms with Crippen LogP contribution < -0.4 is 0 Å². The lowest BCUT2D eigenvalue weighted by atomic mass is 10.1. The minimum atomic E-state index is 0.0260. The summed E-state index contributed by atoms with van der Waals surface area (Å²) in [6.07, 6.45) is 1.64. The minimum Gasteiger partial charge on any atom is -0.369 e. The zero-order valence-corrected chi connectivity index (χ0v) is 9.54. The normalized spacial score (nSPS) is 10.3. The SMILES string of the molecule is C=CCOCC(=O)c1cc(C)n(C)c1C. The average molecular weight is 207 g/mol. The Morgan fingerprint density at radius 1 is 1.60 bits per heavy atom. The van der Waals surface area contributed by atoms with Gasteiger partial charge in [-0.3, -0.25) is 4.79 Å². The van der Waals surface area contributed by atoms with E-state index in [-0.39, 0.29) is 12.4 Å². The van der Waals surface area contributed by atoms with Crippen molar-refractivity contribution in [3.05, 3.63) is 35.7 Å². The van der Waals surface area contributed by atoms with Crippen molar-refractivity contribution in [3.8, 4) is 0 Å². The molecule has 0 spiro atoms. The smallest absolute Gasteiger partial charge is 0.190 e. The molecule has 3 nitrogen and oxygen atoms in total. The average Bonchev–Trinajstić information content (AvgIpc) is 2.46. The molecular formula is C12H17NO2. The number of hydrogen-bond donors (Lipinski definition) is 0. The molecule has 0 N–H and O–H groups in total. The highest BCUT2D eigenvalue weighted by Gasteiger charge is 2.13. The molecule has 0 atom stereocenters. The molecule has 0 radical (unpaired) electrons. The van der Waals surface area contributed by atoms with Crippen LogP contribution in [0, 0.1) is 13.8 Å². The van der Waals surface area contributed by atoms with Gasteiger partial charge < -0.3 is 9.30 Å². The van der Waals surface area contributed by atoms with E-state index >= 15 is 0 Å². The number of aryl methyl sites for hydroxylation is 1. The first-order chi connectivity index (χ1) is 7.07. The molecule has 0 aliphatic heterocycles. The van der Waals surface area contributed by atoms with Crippen molar-refractivity contribution in [3.63, 3.8) is 0 Å². The summed E-state index contributed by atoms with van der Waals surface area (Å²) in [5, 5.41) is 0. The molecule has 0 bridgehead atoms. The van der Waals surface area contributed by atoms with Crippen molar-refractivity contribution >= 4 is 5.78 Å². The van der Waals surface area contributed by atoms with Gasteiger partial charge in [-0.25, -0.2) is 0 Å². The summed E-state index contributed by atoms with van der Waals surface area (Å²) < 4.78 is 7.13. The number of ether oxygens (including phenoxy) is 1.